The molecule has 1 nitrogen and oxygen atoms in total. The fourth-order valence-corrected chi connectivity index (χ4v) is 1.60. The van der Waals surface area contributed by atoms with Crippen LogP contribution in [0.25, 0.3) is 0 Å². The third-order valence-electron chi connectivity index (χ3n) is 2.46. The topological polar surface area (TPSA) is 17.1 Å². The summed E-state index contributed by atoms with van der Waals surface area (Å²) >= 11 is 0. The van der Waals surface area contributed by atoms with Crippen LogP contribution >= 0.6 is 0 Å². The molecular weight excluding hydrogens is 172 g/mol. The van der Waals surface area contributed by atoms with Crippen molar-refractivity contribution in [1.82, 2.24) is 0 Å². The van der Waals surface area contributed by atoms with E-state index in [1.165, 1.54) is 12.0 Å². The van der Waals surface area contributed by atoms with E-state index in [0.717, 1.165) is 25.5 Å². The van der Waals surface area contributed by atoms with Gasteiger partial charge in [-0.3, -0.25) is 0 Å². The Balaban J connectivity index is 2.44. The molecule has 0 spiro atoms. The summed E-state index contributed by atoms with van der Waals surface area (Å²) in [5, 5.41) is 0. The van der Waals surface area contributed by atoms with Crippen molar-refractivity contribution in [2.45, 2.75) is 32.6 Å². The Bertz CT molecular complexity index is 253. The first-order valence-corrected chi connectivity index (χ1v) is 5.36. The zero-order valence-corrected chi connectivity index (χ0v) is 8.78. The average Bonchev–Trinajstić information content (AvgIpc) is 2.25. The largest absolute Gasteiger partial charge is 0.303 e. The van der Waals surface area contributed by atoms with Crippen molar-refractivity contribution in [2.24, 2.45) is 5.92 Å². The minimum Gasteiger partial charge on any atom is -0.303 e. The molecule has 76 valence electrons. The second kappa shape index (κ2) is 6.36. The van der Waals surface area contributed by atoms with Crippen molar-refractivity contribution in [3.05, 3.63) is 35.9 Å². The number of carbonyl (C=O) groups excluding carboxylic acids is 1. The molecule has 0 saturated carbocycles. The molecule has 1 aromatic rings. The van der Waals surface area contributed by atoms with Crippen molar-refractivity contribution >= 4 is 6.29 Å². The van der Waals surface area contributed by atoms with Crippen LogP contribution in [0.3, 0.4) is 0 Å². The molecule has 1 heteroatoms. The molecule has 0 fully saturated rings. The molecule has 0 aliphatic heterocycles. The average molecular weight is 190 g/mol. The molecule has 0 saturated heterocycles. The van der Waals surface area contributed by atoms with Crippen molar-refractivity contribution in [2.75, 3.05) is 0 Å². The van der Waals surface area contributed by atoms with Gasteiger partial charge in [-0.1, -0.05) is 50.1 Å². The Morgan fingerprint density at radius 3 is 2.57 bits per heavy atom. The summed E-state index contributed by atoms with van der Waals surface area (Å²) in [7, 11) is 0. The van der Waals surface area contributed by atoms with Crippen molar-refractivity contribution in [3.63, 3.8) is 0 Å². The highest BCUT2D eigenvalue weighted by molar-refractivity contribution is 5.54. The van der Waals surface area contributed by atoms with Crippen LogP contribution in [0.5, 0.6) is 0 Å². The number of aldehydes is 1. The van der Waals surface area contributed by atoms with Crippen LogP contribution in [0.1, 0.15) is 31.7 Å². The van der Waals surface area contributed by atoms with Crippen LogP contribution in [-0.2, 0) is 11.2 Å². The molecule has 1 aromatic carbocycles. The van der Waals surface area contributed by atoms with Gasteiger partial charge in [-0.25, -0.2) is 0 Å². The zero-order chi connectivity index (χ0) is 10.2. The molecule has 0 radical (unpaired) electrons. The van der Waals surface area contributed by atoms with Crippen LogP contribution < -0.4 is 0 Å². The summed E-state index contributed by atoms with van der Waals surface area (Å²) in [6, 6.07) is 10.2. The predicted molar refractivity (Wildman–Crippen MR) is 59.2 cm³/mol. The maximum Gasteiger partial charge on any atom is 0.123 e. The van der Waals surface area contributed by atoms with E-state index in [2.05, 4.69) is 19.1 Å². The van der Waals surface area contributed by atoms with Crippen LogP contribution in [0.4, 0.5) is 0 Å². The van der Waals surface area contributed by atoms with Crippen molar-refractivity contribution in [3.8, 4) is 0 Å². The SMILES string of the molecule is CCCC[C@H](C=O)Cc1ccccc1. The molecule has 0 unspecified atom stereocenters. The maximum atomic E-state index is 10.8. The van der Waals surface area contributed by atoms with Crippen LogP contribution in [0.2, 0.25) is 0 Å². The zero-order valence-electron chi connectivity index (χ0n) is 8.78. The molecule has 1 atom stereocenters. The molecule has 0 amide bonds. The summed E-state index contributed by atoms with van der Waals surface area (Å²) < 4.78 is 0. The minimum absolute atomic E-state index is 0.206. The van der Waals surface area contributed by atoms with Gasteiger partial charge in [0.1, 0.15) is 6.29 Å². The lowest BCUT2D eigenvalue weighted by molar-refractivity contribution is -0.111. The normalized spacial score (nSPS) is 12.4. The molecule has 0 aliphatic rings. The molecule has 0 aliphatic carbocycles. The van der Waals surface area contributed by atoms with Gasteiger partial charge in [0.15, 0.2) is 0 Å². The van der Waals surface area contributed by atoms with Gasteiger partial charge >= 0.3 is 0 Å². The van der Waals surface area contributed by atoms with Gasteiger partial charge in [0, 0.05) is 5.92 Å². The molecule has 0 N–H and O–H groups in total. The third-order valence-corrected chi connectivity index (χ3v) is 2.46. The van der Waals surface area contributed by atoms with E-state index in [9.17, 15) is 4.79 Å². The van der Waals surface area contributed by atoms with E-state index in [0.29, 0.717) is 0 Å². The lowest BCUT2D eigenvalue weighted by Crippen LogP contribution is -2.05. The number of unbranched alkanes of at least 4 members (excludes halogenated alkanes) is 1. The van der Waals surface area contributed by atoms with E-state index >= 15 is 0 Å². The fourth-order valence-electron chi connectivity index (χ4n) is 1.60. The Kier molecular flexibility index (Phi) is 4.98. The summed E-state index contributed by atoms with van der Waals surface area (Å²) in [5.74, 6) is 0.206. The molecule has 0 aromatic heterocycles. The quantitative estimate of drug-likeness (QED) is 0.629. The molecule has 14 heavy (non-hydrogen) atoms. The molecule has 0 heterocycles. The van der Waals surface area contributed by atoms with Gasteiger partial charge < -0.3 is 4.79 Å². The molecular formula is C13H18O. The molecule has 0 bridgehead atoms. The van der Waals surface area contributed by atoms with Gasteiger partial charge in [0.2, 0.25) is 0 Å². The first-order chi connectivity index (χ1) is 6.86. The van der Waals surface area contributed by atoms with Gasteiger partial charge in [-0.05, 0) is 18.4 Å². The number of hydrogen-bond acceptors (Lipinski definition) is 1. The maximum absolute atomic E-state index is 10.8. The van der Waals surface area contributed by atoms with Crippen LogP contribution in [0, 0.1) is 5.92 Å². The van der Waals surface area contributed by atoms with E-state index in [1.807, 2.05) is 18.2 Å². The Labute approximate surface area is 86.1 Å². The van der Waals surface area contributed by atoms with Crippen LogP contribution in [0.15, 0.2) is 30.3 Å². The highest BCUT2D eigenvalue weighted by Crippen LogP contribution is 2.12. The second-order valence-electron chi connectivity index (χ2n) is 3.73. The molecule has 1 rings (SSSR count). The van der Waals surface area contributed by atoms with Gasteiger partial charge in [-0.15, -0.1) is 0 Å². The number of rotatable bonds is 6. The van der Waals surface area contributed by atoms with Gasteiger partial charge in [0.25, 0.3) is 0 Å². The first-order valence-electron chi connectivity index (χ1n) is 5.36. The summed E-state index contributed by atoms with van der Waals surface area (Å²) in [6.07, 6.45) is 5.33. The van der Waals surface area contributed by atoms with Crippen molar-refractivity contribution in [1.29, 1.82) is 0 Å². The number of hydrogen-bond donors (Lipinski definition) is 0. The smallest absolute Gasteiger partial charge is 0.123 e. The fraction of sp³-hybridized carbons (Fsp3) is 0.462. The minimum atomic E-state index is 0.206. The second-order valence-corrected chi connectivity index (χ2v) is 3.73. The lowest BCUT2D eigenvalue weighted by atomic mass is 9.96. The highest BCUT2D eigenvalue weighted by atomic mass is 16.1. The first kappa shape index (κ1) is 11.0. The Hall–Kier alpha value is -1.11. The van der Waals surface area contributed by atoms with Gasteiger partial charge in [0.05, 0.1) is 0 Å². The third kappa shape index (κ3) is 3.73. The monoisotopic (exact) mass is 190 g/mol. The van der Waals surface area contributed by atoms with Gasteiger partial charge in [-0.2, -0.15) is 0 Å². The summed E-state index contributed by atoms with van der Waals surface area (Å²) in [6.45, 7) is 2.16. The van der Waals surface area contributed by atoms with Crippen LogP contribution in [-0.4, -0.2) is 6.29 Å². The lowest BCUT2D eigenvalue weighted by Gasteiger charge is -2.08. The van der Waals surface area contributed by atoms with E-state index in [-0.39, 0.29) is 5.92 Å². The Morgan fingerprint density at radius 1 is 1.29 bits per heavy atom. The predicted octanol–water partition coefficient (Wildman–Crippen LogP) is 3.23. The number of benzene rings is 1. The summed E-state index contributed by atoms with van der Waals surface area (Å²) in [5.41, 5.74) is 1.26. The standard InChI is InChI=1S/C13H18O/c1-2-3-7-13(11-14)10-12-8-5-4-6-9-12/h4-6,8-9,11,13H,2-3,7,10H2,1H3/t13-/m0/s1. The van der Waals surface area contributed by atoms with E-state index in [4.69, 9.17) is 0 Å². The van der Waals surface area contributed by atoms with Crippen molar-refractivity contribution < 1.29 is 4.79 Å². The Morgan fingerprint density at radius 2 is 2.00 bits per heavy atom. The summed E-state index contributed by atoms with van der Waals surface area (Å²) in [4.78, 5) is 10.8. The van der Waals surface area contributed by atoms with E-state index < -0.39 is 0 Å². The highest BCUT2D eigenvalue weighted by Gasteiger charge is 2.06. The number of carbonyl (C=O) groups is 1. The van der Waals surface area contributed by atoms with E-state index in [1.54, 1.807) is 0 Å².